The molecule has 3 aromatic rings. The number of rotatable bonds is 11. The van der Waals surface area contributed by atoms with E-state index in [9.17, 15) is 13.2 Å². The number of fused-ring (bicyclic) bond motifs is 1. The Morgan fingerprint density at radius 1 is 1.19 bits per heavy atom. The van der Waals surface area contributed by atoms with Crippen molar-refractivity contribution in [3.8, 4) is 0 Å². The lowest BCUT2D eigenvalue weighted by Gasteiger charge is -2.23. The normalized spacial score (nSPS) is 16.2. The first-order chi connectivity index (χ1) is 17.4. The molecule has 7 nitrogen and oxygen atoms in total. The zero-order chi connectivity index (χ0) is 25.7. The number of hydrogen-bond acceptors (Lipinski definition) is 7. The van der Waals surface area contributed by atoms with Gasteiger partial charge in [0.25, 0.3) is 5.91 Å². The highest BCUT2D eigenvalue weighted by Gasteiger charge is 2.28. The van der Waals surface area contributed by atoms with Gasteiger partial charge in [0.15, 0.2) is 5.13 Å². The molecule has 1 aliphatic rings. The Kier molecular flexibility index (Phi) is 9.05. The number of ether oxygens (including phenoxy) is 1. The number of anilines is 1. The number of sulfonamides is 1. The molecule has 1 saturated heterocycles. The molecule has 10 heteroatoms. The van der Waals surface area contributed by atoms with Crippen LogP contribution in [0.25, 0.3) is 10.2 Å². The minimum absolute atomic E-state index is 0.0425. The summed E-state index contributed by atoms with van der Waals surface area (Å²) >= 11 is 3.15. The lowest BCUT2D eigenvalue weighted by Crippen LogP contribution is -2.37. The Balaban J connectivity index is 1.62. The fourth-order valence-corrected chi connectivity index (χ4v) is 7.25. The number of carbonyl (C=O) groups is 1. The van der Waals surface area contributed by atoms with Gasteiger partial charge in [0.05, 0.1) is 27.8 Å². The van der Waals surface area contributed by atoms with Gasteiger partial charge in [-0.3, -0.25) is 9.69 Å². The monoisotopic (exact) mass is 547 g/mol. The molecule has 36 heavy (non-hydrogen) atoms. The fourth-order valence-electron chi connectivity index (χ4n) is 4.23. The number of amides is 1. The van der Waals surface area contributed by atoms with Gasteiger partial charge in [0, 0.05) is 30.2 Å². The lowest BCUT2D eigenvalue weighted by molar-refractivity contribution is 0.0917. The Bertz CT molecular complexity index is 1290. The summed E-state index contributed by atoms with van der Waals surface area (Å²) in [6, 6.07) is 12.4. The highest BCUT2D eigenvalue weighted by molar-refractivity contribution is 7.98. The summed E-state index contributed by atoms with van der Waals surface area (Å²) in [5.74, 6) is -0.211. The van der Waals surface area contributed by atoms with E-state index in [1.165, 1.54) is 27.8 Å². The van der Waals surface area contributed by atoms with Crippen LogP contribution in [0.3, 0.4) is 0 Å². The first-order valence-electron chi connectivity index (χ1n) is 12.4. The van der Waals surface area contributed by atoms with Gasteiger partial charge in [-0.25, -0.2) is 13.4 Å². The van der Waals surface area contributed by atoms with E-state index in [0.29, 0.717) is 36.9 Å². The standard InChI is InChI=1S/C26H33N3O4S3/c1-4-6-15-28(5-2)36(31,32)22-12-9-19(10-13-22)25(30)29(18-20-8-7-16-33-20)26-27-23-14-11-21(34-3)17-24(23)35-26/h9-14,17,20H,4-8,15-16,18H2,1-3H3. The Morgan fingerprint density at radius 2 is 1.97 bits per heavy atom. The molecule has 0 radical (unpaired) electrons. The second kappa shape index (κ2) is 12.0. The highest BCUT2D eigenvalue weighted by atomic mass is 32.2. The molecule has 0 N–H and O–H groups in total. The Morgan fingerprint density at radius 3 is 2.61 bits per heavy atom. The second-order valence-electron chi connectivity index (χ2n) is 8.76. The van der Waals surface area contributed by atoms with Crippen LogP contribution in [0, 0.1) is 0 Å². The maximum atomic E-state index is 13.7. The molecule has 1 amide bonds. The van der Waals surface area contributed by atoms with Crippen LogP contribution >= 0.6 is 23.1 Å². The molecule has 0 aliphatic carbocycles. The molecule has 4 rings (SSSR count). The number of carbonyl (C=O) groups excluding carboxylic acids is 1. The van der Waals surface area contributed by atoms with Crippen molar-refractivity contribution in [2.45, 2.75) is 55.4 Å². The van der Waals surface area contributed by atoms with E-state index >= 15 is 0 Å². The first-order valence-corrected chi connectivity index (χ1v) is 15.8. The van der Waals surface area contributed by atoms with Crippen LogP contribution in [-0.4, -0.2) is 62.2 Å². The molecular formula is C26H33N3O4S3. The quantitative estimate of drug-likeness (QED) is 0.289. The number of unbranched alkanes of at least 4 members (excludes halogenated alkanes) is 1. The molecule has 1 aliphatic heterocycles. The summed E-state index contributed by atoms with van der Waals surface area (Å²) in [4.78, 5) is 21.5. The molecule has 2 aromatic carbocycles. The summed E-state index contributed by atoms with van der Waals surface area (Å²) in [5, 5.41) is 0.622. The minimum atomic E-state index is -3.60. The summed E-state index contributed by atoms with van der Waals surface area (Å²) in [6.07, 6.45) is 5.59. The van der Waals surface area contributed by atoms with Gasteiger partial charge in [-0.05, 0) is 68.0 Å². The summed E-state index contributed by atoms with van der Waals surface area (Å²) in [5.41, 5.74) is 1.28. The van der Waals surface area contributed by atoms with Gasteiger partial charge in [-0.15, -0.1) is 11.8 Å². The summed E-state index contributed by atoms with van der Waals surface area (Å²) in [6.45, 7) is 5.89. The number of thiazole rings is 1. The van der Waals surface area contributed by atoms with Gasteiger partial charge in [0.1, 0.15) is 0 Å². The van der Waals surface area contributed by atoms with Crippen LogP contribution < -0.4 is 4.90 Å². The Hall–Kier alpha value is -1.98. The van der Waals surface area contributed by atoms with Crippen LogP contribution in [0.15, 0.2) is 52.3 Å². The average molecular weight is 548 g/mol. The third-order valence-corrected chi connectivity index (χ3v) is 10.1. The molecule has 1 fully saturated rings. The van der Waals surface area contributed by atoms with Crippen LogP contribution in [-0.2, 0) is 14.8 Å². The van der Waals surface area contributed by atoms with E-state index in [1.807, 2.05) is 32.2 Å². The second-order valence-corrected chi connectivity index (χ2v) is 12.6. The van der Waals surface area contributed by atoms with E-state index in [2.05, 4.69) is 6.07 Å². The van der Waals surface area contributed by atoms with Crippen molar-refractivity contribution in [2.24, 2.45) is 0 Å². The minimum Gasteiger partial charge on any atom is -0.376 e. The van der Waals surface area contributed by atoms with E-state index in [-0.39, 0.29) is 16.9 Å². The van der Waals surface area contributed by atoms with Crippen LogP contribution in [0.5, 0.6) is 0 Å². The number of nitrogens with zero attached hydrogens (tertiary/aromatic N) is 3. The maximum absolute atomic E-state index is 13.7. The van der Waals surface area contributed by atoms with Crippen molar-refractivity contribution in [2.75, 3.05) is 37.4 Å². The molecule has 0 bridgehead atoms. The fraction of sp³-hybridized carbons (Fsp3) is 0.462. The third-order valence-electron chi connectivity index (χ3n) is 6.32. The van der Waals surface area contributed by atoms with E-state index in [1.54, 1.807) is 28.8 Å². The average Bonchev–Trinajstić information content (AvgIpc) is 3.56. The van der Waals surface area contributed by atoms with Gasteiger partial charge >= 0.3 is 0 Å². The third kappa shape index (κ3) is 5.94. The van der Waals surface area contributed by atoms with Gasteiger partial charge in [0.2, 0.25) is 10.0 Å². The maximum Gasteiger partial charge on any atom is 0.260 e. The van der Waals surface area contributed by atoms with E-state index < -0.39 is 10.0 Å². The van der Waals surface area contributed by atoms with Crippen molar-refractivity contribution in [3.63, 3.8) is 0 Å². The molecular weight excluding hydrogens is 515 g/mol. The zero-order valence-corrected chi connectivity index (χ0v) is 23.4. The van der Waals surface area contributed by atoms with Crippen molar-refractivity contribution < 1.29 is 17.9 Å². The van der Waals surface area contributed by atoms with Gasteiger partial charge in [-0.2, -0.15) is 4.31 Å². The van der Waals surface area contributed by atoms with Crippen LogP contribution in [0.2, 0.25) is 0 Å². The molecule has 0 saturated carbocycles. The summed E-state index contributed by atoms with van der Waals surface area (Å²) < 4.78 is 34.5. The molecule has 0 spiro atoms. The van der Waals surface area contributed by atoms with Crippen molar-refractivity contribution in [1.29, 1.82) is 0 Å². The van der Waals surface area contributed by atoms with Gasteiger partial charge in [-0.1, -0.05) is 31.6 Å². The van der Waals surface area contributed by atoms with Crippen molar-refractivity contribution in [3.05, 3.63) is 48.0 Å². The predicted molar refractivity (Wildman–Crippen MR) is 148 cm³/mol. The molecule has 2 heterocycles. The lowest BCUT2D eigenvalue weighted by atomic mass is 10.2. The highest BCUT2D eigenvalue weighted by Crippen LogP contribution is 2.33. The first kappa shape index (κ1) is 27.1. The summed E-state index contributed by atoms with van der Waals surface area (Å²) in [7, 11) is -3.60. The van der Waals surface area contributed by atoms with Crippen molar-refractivity contribution >= 4 is 54.4 Å². The number of aromatic nitrogens is 1. The van der Waals surface area contributed by atoms with E-state index in [4.69, 9.17) is 9.72 Å². The SMILES string of the molecule is CCCCN(CC)S(=O)(=O)c1ccc(C(=O)N(CC2CCCO2)c2nc3ccc(SC)cc3s2)cc1. The molecule has 1 aromatic heterocycles. The topological polar surface area (TPSA) is 79.8 Å². The smallest absolute Gasteiger partial charge is 0.260 e. The largest absolute Gasteiger partial charge is 0.376 e. The van der Waals surface area contributed by atoms with Gasteiger partial charge < -0.3 is 4.74 Å². The number of hydrogen-bond donors (Lipinski definition) is 0. The predicted octanol–water partition coefficient (Wildman–Crippen LogP) is 5.65. The van der Waals surface area contributed by atoms with Crippen molar-refractivity contribution in [1.82, 2.24) is 9.29 Å². The molecule has 1 atom stereocenters. The molecule has 1 unspecified atom stereocenters. The zero-order valence-electron chi connectivity index (χ0n) is 21.0. The van der Waals surface area contributed by atoms with E-state index in [0.717, 1.165) is 40.8 Å². The van der Waals surface area contributed by atoms with Crippen LogP contribution in [0.4, 0.5) is 5.13 Å². The number of thioether (sulfide) groups is 1. The number of benzene rings is 2. The molecule has 194 valence electrons. The Labute approximate surface area is 221 Å². The van der Waals surface area contributed by atoms with Crippen LogP contribution in [0.1, 0.15) is 49.9 Å².